The lowest BCUT2D eigenvalue weighted by Gasteiger charge is -2.13. The Morgan fingerprint density at radius 3 is 2.33 bits per heavy atom. The van der Waals surface area contributed by atoms with Gasteiger partial charge in [0, 0.05) is 12.4 Å². The number of benzene rings is 2. The first-order valence-electron chi connectivity index (χ1n) is 7.83. The second-order valence-corrected chi connectivity index (χ2v) is 5.47. The van der Waals surface area contributed by atoms with Crippen molar-refractivity contribution in [3.05, 3.63) is 78.9 Å². The lowest BCUT2D eigenvalue weighted by molar-refractivity contribution is 0.0924. The first kappa shape index (κ1) is 16.1. The zero-order valence-electron chi connectivity index (χ0n) is 13.3. The number of aromatic nitrogens is 2. The van der Waals surface area contributed by atoms with E-state index < -0.39 is 6.10 Å². The van der Waals surface area contributed by atoms with Crippen LogP contribution in [0.1, 0.15) is 5.56 Å². The van der Waals surface area contributed by atoms with E-state index >= 15 is 0 Å². The maximum Gasteiger partial charge on any atom is 0.120 e. The van der Waals surface area contributed by atoms with Crippen LogP contribution in [0.4, 0.5) is 0 Å². The van der Waals surface area contributed by atoms with Crippen molar-refractivity contribution < 1.29 is 14.6 Å². The van der Waals surface area contributed by atoms with Crippen LogP contribution in [0, 0.1) is 0 Å². The second kappa shape index (κ2) is 8.17. The molecule has 1 atom stereocenters. The molecule has 124 valence electrons. The van der Waals surface area contributed by atoms with Crippen LogP contribution < -0.4 is 9.47 Å². The maximum absolute atomic E-state index is 9.95. The van der Waals surface area contributed by atoms with Crippen molar-refractivity contribution in [2.24, 2.45) is 0 Å². The van der Waals surface area contributed by atoms with Gasteiger partial charge in [0.15, 0.2) is 0 Å². The molecule has 0 aliphatic heterocycles. The average Bonchev–Trinajstić information content (AvgIpc) is 3.13. The molecule has 3 rings (SSSR count). The molecule has 0 spiro atoms. The van der Waals surface area contributed by atoms with Crippen molar-refractivity contribution >= 4 is 0 Å². The lowest BCUT2D eigenvalue weighted by Crippen LogP contribution is -2.22. The Hall–Kier alpha value is -2.79. The van der Waals surface area contributed by atoms with E-state index in [-0.39, 0.29) is 6.61 Å². The Labute approximate surface area is 141 Å². The van der Waals surface area contributed by atoms with E-state index in [4.69, 9.17) is 9.47 Å². The SMILES string of the molecule is OC(COc1ccc(OCc2ccccc2)cc1)Cn1ccnc1. The molecule has 0 radical (unpaired) electrons. The number of nitrogens with zero attached hydrogens (tertiary/aromatic N) is 2. The number of rotatable bonds is 8. The van der Waals surface area contributed by atoms with Gasteiger partial charge in [0.1, 0.15) is 30.8 Å². The number of hydrogen-bond acceptors (Lipinski definition) is 4. The van der Waals surface area contributed by atoms with Crippen LogP contribution in [0.2, 0.25) is 0 Å². The predicted molar refractivity (Wildman–Crippen MR) is 90.9 cm³/mol. The Bertz CT molecular complexity index is 712. The summed E-state index contributed by atoms with van der Waals surface area (Å²) in [5.41, 5.74) is 1.13. The summed E-state index contributed by atoms with van der Waals surface area (Å²) in [4.78, 5) is 3.94. The van der Waals surface area contributed by atoms with Crippen LogP contribution in [0.5, 0.6) is 11.5 Å². The molecule has 1 aromatic heterocycles. The fraction of sp³-hybridized carbons (Fsp3) is 0.211. The predicted octanol–water partition coefficient (Wildman–Crippen LogP) is 2.90. The molecule has 1 N–H and O–H groups in total. The molecular weight excluding hydrogens is 304 g/mol. The highest BCUT2D eigenvalue weighted by atomic mass is 16.5. The molecule has 2 aromatic carbocycles. The standard InChI is InChI=1S/C19H20N2O3/c22-17(12-21-11-10-20-15-21)14-24-19-8-6-18(7-9-19)23-13-16-4-2-1-3-5-16/h1-11,15,17,22H,12-14H2. The highest BCUT2D eigenvalue weighted by molar-refractivity contribution is 5.31. The van der Waals surface area contributed by atoms with Crippen molar-refractivity contribution in [2.75, 3.05) is 6.61 Å². The third kappa shape index (κ3) is 4.86. The van der Waals surface area contributed by atoms with Crippen LogP contribution >= 0.6 is 0 Å². The molecule has 1 unspecified atom stereocenters. The van der Waals surface area contributed by atoms with Gasteiger partial charge < -0.3 is 19.1 Å². The molecular formula is C19H20N2O3. The van der Waals surface area contributed by atoms with Gasteiger partial charge in [-0.1, -0.05) is 30.3 Å². The molecule has 0 aliphatic carbocycles. The monoisotopic (exact) mass is 324 g/mol. The van der Waals surface area contributed by atoms with Crippen molar-refractivity contribution in [3.63, 3.8) is 0 Å². The summed E-state index contributed by atoms with van der Waals surface area (Å²) in [6.45, 7) is 1.21. The molecule has 3 aromatic rings. The minimum Gasteiger partial charge on any atom is -0.491 e. The number of ether oxygens (including phenoxy) is 2. The summed E-state index contributed by atoms with van der Waals surface area (Å²) in [6, 6.07) is 17.4. The van der Waals surface area contributed by atoms with Gasteiger partial charge >= 0.3 is 0 Å². The van der Waals surface area contributed by atoms with E-state index in [2.05, 4.69) is 4.98 Å². The third-order valence-corrected chi connectivity index (χ3v) is 3.50. The molecule has 0 saturated carbocycles. The topological polar surface area (TPSA) is 56.5 Å². The van der Waals surface area contributed by atoms with Gasteiger partial charge in [-0.15, -0.1) is 0 Å². The first-order valence-corrected chi connectivity index (χ1v) is 7.83. The maximum atomic E-state index is 9.95. The minimum absolute atomic E-state index is 0.225. The van der Waals surface area contributed by atoms with E-state index in [1.54, 1.807) is 12.5 Å². The first-order chi connectivity index (χ1) is 11.8. The van der Waals surface area contributed by atoms with Crippen molar-refractivity contribution in [3.8, 4) is 11.5 Å². The second-order valence-electron chi connectivity index (χ2n) is 5.47. The Morgan fingerprint density at radius 1 is 0.958 bits per heavy atom. The summed E-state index contributed by atoms with van der Waals surface area (Å²) >= 11 is 0. The van der Waals surface area contributed by atoms with Crippen LogP contribution in [0.3, 0.4) is 0 Å². The molecule has 0 aliphatic rings. The van der Waals surface area contributed by atoms with Crippen LogP contribution in [0.15, 0.2) is 73.3 Å². The van der Waals surface area contributed by atoms with Gasteiger partial charge in [-0.3, -0.25) is 0 Å². The molecule has 0 fully saturated rings. The van der Waals surface area contributed by atoms with E-state index in [1.165, 1.54) is 0 Å². The van der Waals surface area contributed by atoms with E-state index in [1.807, 2.05) is 65.4 Å². The van der Waals surface area contributed by atoms with Gasteiger partial charge in [0.2, 0.25) is 0 Å². The van der Waals surface area contributed by atoms with Crippen LogP contribution in [0.25, 0.3) is 0 Å². The van der Waals surface area contributed by atoms with Crippen molar-refractivity contribution in [1.29, 1.82) is 0 Å². The molecule has 0 saturated heterocycles. The zero-order valence-corrected chi connectivity index (χ0v) is 13.3. The van der Waals surface area contributed by atoms with E-state index in [0.29, 0.717) is 18.9 Å². The highest BCUT2D eigenvalue weighted by Gasteiger charge is 2.06. The van der Waals surface area contributed by atoms with Crippen LogP contribution in [-0.4, -0.2) is 27.4 Å². The zero-order chi connectivity index (χ0) is 16.6. The normalized spacial score (nSPS) is 11.9. The van der Waals surface area contributed by atoms with Crippen molar-refractivity contribution in [1.82, 2.24) is 9.55 Å². The van der Waals surface area contributed by atoms with Gasteiger partial charge in [-0.05, 0) is 29.8 Å². The van der Waals surface area contributed by atoms with Gasteiger partial charge in [0.25, 0.3) is 0 Å². The minimum atomic E-state index is -0.590. The number of imidazole rings is 1. The van der Waals surface area contributed by atoms with Gasteiger partial charge in [-0.2, -0.15) is 0 Å². The fourth-order valence-corrected chi connectivity index (χ4v) is 2.26. The quantitative estimate of drug-likeness (QED) is 0.692. The lowest BCUT2D eigenvalue weighted by atomic mass is 10.2. The Morgan fingerprint density at radius 2 is 1.67 bits per heavy atom. The molecule has 24 heavy (non-hydrogen) atoms. The largest absolute Gasteiger partial charge is 0.491 e. The molecule has 5 heteroatoms. The summed E-state index contributed by atoms with van der Waals surface area (Å²) in [7, 11) is 0. The molecule has 0 bridgehead atoms. The van der Waals surface area contributed by atoms with E-state index in [0.717, 1.165) is 11.3 Å². The number of hydrogen-bond donors (Lipinski definition) is 1. The average molecular weight is 324 g/mol. The third-order valence-electron chi connectivity index (χ3n) is 3.50. The Kier molecular flexibility index (Phi) is 5.48. The van der Waals surface area contributed by atoms with E-state index in [9.17, 15) is 5.11 Å². The summed E-state index contributed by atoms with van der Waals surface area (Å²) < 4.78 is 13.1. The molecule has 0 amide bonds. The fourth-order valence-electron chi connectivity index (χ4n) is 2.26. The van der Waals surface area contributed by atoms with Crippen molar-refractivity contribution in [2.45, 2.75) is 19.3 Å². The molecule has 1 heterocycles. The van der Waals surface area contributed by atoms with Gasteiger partial charge in [-0.25, -0.2) is 4.98 Å². The van der Waals surface area contributed by atoms with Gasteiger partial charge in [0.05, 0.1) is 12.9 Å². The molecule has 5 nitrogen and oxygen atoms in total. The van der Waals surface area contributed by atoms with Crippen LogP contribution in [-0.2, 0) is 13.2 Å². The smallest absolute Gasteiger partial charge is 0.120 e. The Balaban J connectivity index is 1.44. The summed E-state index contributed by atoms with van der Waals surface area (Å²) in [5, 5.41) is 9.95. The number of aliphatic hydroxyl groups excluding tert-OH is 1. The highest BCUT2D eigenvalue weighted by Crippen LogP contribution is 2.19. The number of aliphatic hydroxyl groups is 1. The summed E-state index contributed by atoms with van der Waals surface area (Å²) in [5.74, 6) is 1.48. The summed E-state index contributed by atoms with van der Waals surface area (Å²) in [6.07, 6.45) is 4.57.